The molecular weight excluding hydrogens is 233 g/mol. The molecule has 1 aromatic rings. The number of rotatable bonds is 2. The maximum Gasteiger partial charge on any atom is 0.0361 e. The monoisotopic (exact) mass is 245 g/mol. The first kappa shape index (κ1) is 10.0. The third kappa shape index (κ3) is 2.76. The van der Waals surface area contributed by atoms with Gasteiger partial charge in [0.25, 0.3) is 0 Å². The van der Waals surface area contributed by atoms with E-state index in [2.05, 4.69) is 35.3 Å². The fourth-order valence-electron chi connectivity index (χ4n) is 1.05. The van der Waals surface area contributed by atoms with Crippen molar-refractivity contribution in [1.82, 2.24) is 0 Å². The first-order valence-corrected chi connectivity index (χ1v) is 6.99. The summed E-state index contributed by atoms with van der Waals surface area (Å²) in [5.74, 6) is 0. The minimum atomic E-state index is 0.102. The van der Waals surface area contributed by atoms with Crippen molar-refractivity contribution in [3.05, 3.63) is 28.2 Å². The lowest BCUT2D eigenvalue weighted by Gasteiger charge is -2.08. The van der Waals surface area contributed by atoms with Crippen LogP contribution < -0.4 is 5.73 Å². The first-order valence-electron chi connectivity index (χ1n) is 3.78. The largest absolute Gasteiger partial charge is 0.398 e. The predicted octanol–water partition coefficient (Wildman–Crippen LogP) is 3.27. The van der Waals surface area contributed by atoms with Crippen LogP contribution in [-0.4, -0.2) is 13.3 Å². The Labute approximate surface area is 83.2 Å². The molecule has 1 rings (SSSR count). The molecule has 0 spiro atoms. The zero-order chi connectivity index (χ0) is 9.14. The van der Waals surface area contributed by atoms with Gasteiger partial charge in [-0.1, -0.05) is 22.0 Å². The summed E-state index contributed by atoms with van der Waals surface area (Å²) in [5.41, 5.74) is 8.03. The number of nitrogen functional groups attached to an aromatic ring is 1. The number of hydrogen-bond donors (Lipinski definition) is 1. The number of nitrogens with two attached hydrogens (primary N) is 1. The maximum atomic E-state index is 5.85. The highest BCUT2D eigenvalue weighted by Gasteiger charge is 2.01. The van der Waals surface area contributed by atoms with Crippen LogP contribution >= 0.6 is 23.9 Å². The van der Waals surface area contributed by atoms with Gasteiger partial charge in [-0.25, -0.2) is 0 Å². The molecule has 0 aliphatic carbocycles. The molecule has 0 unspecified atom stereocenters. The Balaban J connectivity index is 2.86. The maximum absolute atomic E-state index is 5.85. The molecule has 0 radical (unpaired) electrons. The lowest BCUT2D eigenvalue weighted by Crippen LogP contribution is -1.92. The highest BCUT2D eigenvalue weighted by Crippen LogP contribution is 2.33. The van der Waals surface area contributed by atoms with Crippen LogP contribution in [0.3, 0.4) is 0 Å². The van der Waals surface area contributed by atoms with Crippen LogP contribution in [0.4, 0.5) is 5.69 Å². The minimum Gasteiger partial charge on any atom is -0.398 e. The molecule has 0 bridgehead atoms. The summed E-state index contributed by atoms with van der Waals surface area (Å²) in [4.78, 5) is 0. The third-order valence-electron chi connectivity index (χ3n) is 1.59. The molecule has 0 amide bonds. The van der Waals surface area contributed by atoms with Crippen molar-refractivity contribution >= 4 is 29.5 Å². The van der Waals surface area contributed by atoms with Crippen molar-refractivity contribution in [2.24, 2.45) is 0 Å². The average molecular weight is 246 g/mol. The fraction of sp³-hybridized carbons (Fsp3) is 0.333. The summed E-state index contributed by atoms with van der Waals surface area (Å²) in [6.45, 7) is 4.52. The van der Waals surface area contributed by atoms with Crippen LogP contribution in [0.2, 0.25) is 0 Å². The molecule has 0 atom stereocenters. The van der Waals surface area contributed by atoms with Crippen LogP contribution in [0, 0.1) is 0 Å². The fourth-order valence-corrected chi connectivity index (χ4v) is 2.40. The molecule has 0 saturated carbocycles. The second-order valence-electron chi connectivity index (χ2n) is 3.08. The Kier molecular flexibility index (Phi) is 3.54. The Morgan fingerprint density at radius 2 is 2.08 bits per heavy atom. The van der Waals surface area contributed by atoms with Crippen molar-refractivity contribution in [3.63, 3.8) is 0 Å². The smallest absolute Gasteiger partial charge is 0.0361 e. The molecular formula is C9H13BrNP. The van der Waals surface area contributed by atoms with E-state index in [4.69, 9.17) is 5.73 Å². The zero-order valence-electron chi connectivity index (χ0n) is 7.34. The molecule has 1 aromatic carbocycles. The van der Waals surface area contributed by atoms with E-state index in [-0.39, 0.29) is 7.92 Å². The second-order valence-corrected chi connectivity index (χ2v) is 6.47. The Morgan fingerprint density at radius 1 is 1.42 bits per heavy atom. The molecule has 3 heteroatoms. The van der Waals surface area contributed by atoms with Gasteiger partial charge in [0.15, 0.2) is 0 Å². The van der Waals surface area contributed by atoms with Crippen molar-refractivity contribution in [2.45, 2.75) is 6.16 Å². The summed E-state index contributed by atoms with van der Waals surface area (Å²) in [6.07, 6.45) is 1.12. The normalized spacial score (nSPS) is 10.7. The minimum absolute atomic E-state index is 0.102. The van der Waals surface area contributed by atoms with Crippen LogP contribution in [0.1, 0.15) is 5.56 Å². The number of benzene rings is 1. The average Bonchev–Trinajstić information content (AvgIpc) is 1.94. The molecule has 66 valence electrons. The van der Waals surface area contributed by atoms with Crippen molar-refractivity contribution in [1.29, 1.82) is 0 Å². The Hall–Kier alpha value is -0.0700. The van der Waals surface area contributed by atoms with Gasteiger partial charge >= 0.3 is 0 Å². The van der Waals surface area contributed by atoms with E-state index in [1.165, 1.54) is 5.56 Å². The van der Waals surface area contributed by atoms with Gasteiger partial charge in [0, 0.05) is 10.2 Å². The highest BCUT2D eigenvalue weighted by molar-refractivity contribution is 9.10. The van der Waals surface area contributed by atoms with Crippen LogP contribution in [0.15, 0.2) is 22.7 Å². The Morgan fingerprint density at radius 3 is 2.58 bits per heavy atom. The highest BCUT2D eigenvalue weighted by atomic mass is 79.9. The topological polar surface area (TPSA) is 26.0 Å². The number of anilines is 1. The van der Waals surface area contributed by atoms with E-state index in [1.807, 2.05) is 12.1 Å². The van der Waals surface area contributed by atoms with Crippen LogP contribution in [-0.2, 0) is 6.16 Å². The van der Waals surface area contributed by atoms with Crippen LogP contribution in [0.5, 0.6) is 0 Å². The van der Waals surface area contributed by atoms with Crippen molar-refractivity contribution in [2.75, 3.05) is 19.1 Å². The van der Waals surface area contributed by atoms with Gasteiger partial charge in [-0.15, -0.1) is 7.92 Å². The van der Waals surface area contributed by atoms with Gasteiger partial charge in [-0.2, -0.15) is 0 Å². The lowest BCUT2D eigenvalue weighted by molar-refractivity contribution is 1.39. The van der Waals surface area contributed by atoms with E-state index in [0.29, 0.717) is 0 Å². The summed E-state index contributed by atoms with van der Waals surface area (Å²) in [7, 11) is 0.102. The van der Waals surface area contributed by atoms with Crippen molar-refractivity contribution < 1.29 is 0 Å². The molecule has 2 N–H and O–H groups in total. The van der Waals surface area contributed by atoms with Gasteiger partial charge in [0.2, 0.25) is 0 Å². The zero-order valence-corrected chi connectivity index (χ0v) is 9.82. The predicted molar refractivity (Wildman–Crippen MR) is 61.0 cm³/mol. The third-order valence-corrected chi connectivity index (χ3v) is 3.06. The van der Waals surface area contributed by atoms with E-state index in [9.17, 15) is 0 Å². The molecule has 0 fully saturated rings. The lowest BCUT2D eigenvalue weighted by atomic mass is 10.2. The number of hydrogen-bond acceptors (Lipinski definition) is 1. The van der Waals surface area contributed by atoms with Gasteiger partial charge in [-0.3, -0.25) is 0 Å². The van der Waals surface area contributed by atoms with E-state index in [1.54, 1.807) is 0 Å². The summed E-state index contributed by atoms with van der Waals surface area (Å²) in [5, 5.41) is 0. The van der Waals surface area contributed by atoms with E-state index < -0.39 is 0 Å². The van der Waals surface area contributed by atoms with Gasteiger partial charge < -0.3 is 5.73 Å². The molecule has 1 nitrogen and oxygen atoms in total. The van der Waals surface area contributed by atoms with Gasteiger partial charge in [0.05, 0.1) is 0 Å². The second kappa shape index (κ2) is 4.25. The summed E-state index contributed by atoms with van der Waals surface area (Å²) < 4.78 is 1.06. The van der Waals surface area contributed by atoms with E-state index in [0.717, 1.165) is 16.3 Å². The standard InChI is InChI=1S/C9H13BrNP/c1-12(2)6-7-3-4-8(10)5-9(7)11/h3-5H,6,11H2,1-2H3. The SMILES string of the molecule is CP(C)Cc1ccc(Br)cc1N. The molecule has 0 heterocycles. The molecule has 0 saturated heterocycles. The van der Waals surface area contributed by atoms with Gasteiger partial charge in [-0.05, 0) is 37.2 Å². The van der Waals surface area contributed by atoms with Crippen molar-refractivity contribution in [3.8, 4) is 0 Å². The first-order chi connectivity index (χ1) is 5.59. The van der Waals surface area contributed by atoms with Gasteiger partial charge in [0.1, 0.15) is 0 Å². The molecule has 0 aliphatic rings. The van der Waals surface area contributed by atoms with E-state index >= 15 is 0 Å². The number of halogens is 1. The molecule has 0 aliphatic heterocycles. The Bertz CT molecular complexity index is 273. The van der Waals surface area contributed by atoms with Crippen LogP contribution in [0.25, 0.3) is 0 Å². The summed E-state index contributed by atoms with van der Waals surface area (Å²) in [6, 6.07) is 6.11. The molecule has 0 aromatic heterocycles. The summed E-state index contributed by atoms with van der Waals surface area (Å²) >= 11 is 3.39. The quantitative estimate of drug-likeness (QED) is 0.629. The molecule has 12 heavy (non-hydrogen) atoms.